The fourth-order valence-electron chi connectivity index (χ4n) is 3.33. The van der Waals surface area contributed by atoms with Crippen molar-refractivity contribution in [1.82, 2.24) is 13.9 Å². The summed E-state index contributed by atoms with van der Waals surface area (Å²) in [4.78, 5) is 4.55. The van der Waals surface area contributed by atoms with E-state index in [1.807, 2.05) is 10.6 Å². The fraction of sp³-hybridized carbons (Fsp3) is 0.174. The van der Waals surface area contributed by atoms with Crippen LogP contribution in [0.3, 0.4) is 0 Å². The molecule has 0 aliphatic carbocycles. The summed E-state index contributed by atoms with van der Waals surface area (Å²) < 4.78 is 40.8. The molecule has 10 heteroatoms. The second kappa shape index (κ2) is 10.0. The Kier molecular flexibility index (Phi) is 7.09. The van der Waals surface area contributed by atoms with E-state index in [1.54, 1.807) is 48.8 Å². The lowest BCUT2D eigenvalue weighted by Gasteiger charge is -2.22. The highest BCUT2D eigenvalue weighted by molar-refractivity contribution is 7.89. The van der Waals surface area contributed by atoms with Gasteiger partial charge in [-0.3, -0.25) is 0 Å². The van der Waals surface area contributed by atoms with Crippen molar-refractivity contribution >= 4 is 33.2 Å². The zero-order valence-electron chi connectivity index (χ0n) is 17.7. The van der Waals surface area contributed by atoms with Crippen molar-refractivity contribution in [2.45, 2.75) is 24.5 Å². The minimum atomic E-state index is -3.86. The van der Waals surface area contributed by atoms with E-state index < -0.39 is 10.0 Å². The highest BCUT2D eigenvalue weighted by atomic mass is 35.5. The van der Waals surface area contributed by atoms with Crippen LogP contribution in [0.2, 0.25) is 10.0 Å². The van der Waals surface area contributed by atoms with Crippen molar-refractivity contribution in [1.29, 1.82) is 0 Å². The van der Waals surface area contributed by atoms with Gasteiger partial charge >= 0.3 is 0 Å². The molecule has 4 aromatic rings. The Morgan fingerprint density at radius 3 is 2.55 bits per heavy atom. The molecule has 2 aromatic carbocycles. The van der Waals surface area contributed by atoms with Crippen molar-refractivity contribution in [2.24, 2.45) is 0 Å². The Labute approximate surface area is 202 Å². The number of halogens is 2. The second-order valence-corrected chi connectivity index (χ2v) is 10.0. The van der Waals surface area contributed by atoms with Gasteiger partial charge in [-0.1, -0.05) is 29.3 Å². The maximum Gasteiger partial charge on any atom is 0.243 e. The molecular formula is C23H21Cl2N3O4S. The van der Waals surface area contributed by atoms with Gasteiger partial charge in [-0.25, -0.2) is 13.4 Å². The summed E-state index contributed by atoms with van der Waals surface area (Å²) in [6.07, 6.45) is 4.92. The summed E-state index contributed by atoms with van der Waals surface area (Å²) >= 11 is 12.3. The van der Waals surface area contributed by atoms with Gasteiger partial charge in [0.05, 0.1) is 37.9 Å². The van der Waals surface area contributed by atoms with Gasteiger partial charge in [0.15, 0.2) is 0 Å². The predicted octanol–water partition coefficient (Wildman–Crippen LogP) is 5.23. The summed E-state index contributed by atoms with van der Waals surface area (Å²) in [5.74, 6) is 1.65. The maximum absolute atomic E-state index is 13.5. The SMILES string of the molecule is COc1ccc(S(=O)(=O)N(Cc2ccco2)Cc2nccn2Cc2ccc(Cl)cc2Cl)cc1. The number of ether oxygens (including phenoxy) is 1. The van der Waals surface area contributed by atoms with Gasteiger partial charge in [0.25, 0.3) is 0 Å². The van der Waals surface area contributed by atoms with Crippen LogP contribution < -0.4 is 4.74 Å². The first-order valence-corrected chi connectivity index (χ1v) is 12.2. The average Bonchev–Trinajstić information content (AvgIpc) is 3.47. The van der Waals surface area contributed by atoms with Gasteiger partial charge in [0.1, 0.15) is 17.3 Å². The molecule has 2 heterocycles. The molecule has 0 amide bonds. The maximum atomic E-state index is 13.5. The average molecular weight is 506 g/mol. The van der Waals surface area contributed by atoms with E-state index in [9.17, 15) is 8.42 Å². The van der Waals surface area contributed by atoms with Crippen LogP contribution in [-0.4, -0.2) is 29.4 Å². The van der Waals surface area contributed by atoms with Crippen LogP contribution in [0.1, 0.15) is 17.1 Å². The molecule has 0 radical (unpaired) electrons. The number of methoxy groups -OCH3 is 1. The highest BCUT2D eigenvalue weighted by Gasteiger charge is 2.27. The number of hydrogen-bond donors (Lipinski definition) is 0. The lowest BCUT2D eigenvalue weighted by atomic mass is 10.2. The van der Waals surface area contributed by atoms with Crippen LogP contribution in [0.5, 0.6) is 5.75 Å². The topological polar surface area (TPSA) is 77.6 Å². The normalized spacial score (nSPS) is 11.8. The molecule has 0 spiro atoms. The van der Waals surface area contributed by atoms with E-state index in [4.69, 9.17) is 32.4 Å². The van der Waals surface area contributed by atoms with Crippen LogP contribution in [-0.2, 0) is 29.7 Å². The molecule has 0 aliphatic rings. The Morgan fingerprint density at radius 1 is 1.09 bits per heavy atom. The van der Waals surface area contributed by atoms with Gasteiger partial charge < -0.3 is 13.7 Å². The second-order valence-electron chi connectivity index (χ2n) is 7.24. The van der Waals surface area contributed by atoms with E-state index in [-0.39, 0.29) is 18.0 Å². The third-order valence-corrected chi connectivity index (χ3v) is 7.48. The number of aromatic nitrogens is 2. The minimum absolute atomic E-state index is 0.0350. The molecular weight excluding hydrogens is 485 g/mol. The standard InChI is InChI=1S/C23H21Cl2N3O4S/c1-31-19-6-8-21(9-7-19)33(29,30)28(15-20-3-2-12-32-20)16-23-26-10-11-27(23)14-17-4-5-18(24)13-22(17)25/h2-13H,14-16H2,1H3. The molecule has 0 fully saturated rings. The first kappa shape index (κ1) is 23.4. The van der Waals surface area contributed by atoms with E-state index in [0.29, 0.717) is 33.9 Å². The molecule has 7 nitrogen and oxygen atoms in total. The Morgan fingerprint density at radius 2 is 1.88 bits per heavy atom. The van der Waals surface area contributed by atoms with E-state index in [1.165, 1.54) is 29.8 Å². The van der Waals surface area contributed by atoms with Gasteiger partial charge in [-0.15, -0.1) is 0 Å². The van der Waals surface area contributed by atoms with E-state index in [0.717, 1.165) is 5.56 Å². The third-order valence-electron chi connectivity index (χ3n) is 5.08. The lowest BCUT2D eigenvalue weighted by molar-refractivity contribution is 0.348. The smallest absolute Gasteiger partial charge is 0.243 e. The van der Waals surface area contributed by atoms with Crippen LogP contribution in [0.4, 0.5) is 0 Å². The summed E-state index contributed by atoms with van der Waals surface area (Å²) in [6, 6.07) is 15.0. The number of benzene rings is 2. The summed E-state index contributed by atoms with van der Waals surface area (Å²) in [7, 11) is -2.33. The van der Waals surface area contributed by atoms with Crippen molar-refractivity contribution in [3.05, 3.63) is 100 Å². The minimum Gasteiger partial charge on any atom is -0.497 e. The van der Waals surface area contributed by atoms with Gasteiger partial charge in [-0.05, 0) is 54.1 Å². The van der Waals surface area contributed by atoms with E-state index >= 15 is 0 Å². The monoisotopic (exact) mass is 505 g/mol. The zero-order valence-corrected chi connectivity index (χ0v) is 20.0. The number of rotatable bonds is 9. The van der Waals surface area contributed by atoms with Gasteiger partial charge in [-0.2, -0.15) is 4.31 Å². The van der Waals surface area contributed by atoms with Crippen molar-refractivity contribution in [3.63, 3.8) is 0 Å². The number of imidazole rings is 1. The lowest BCUT2D eigenvalue weighted by Crippen LogP contribution is -2.31. The molecule has 172 valence electrons. The Bertz CT molecular complexity index is 1320. The molecule has 4 rings (SSSR count). The molecule has 0 unspecified atom stereocenters. The quantitative estimate of drug-likeness (QED) is 0.311. The zero-order chi connectivity index (χ0) is 23.4. The molecule has 0 saturated carbocycles. The number of furan rings is 1. The van der Waals surface area contributed by atoms with Crippen LogP contribution in [0.25, 0.3) is 0 Å². The number of nitrogens with zero attached hydrogens (tertiary/aromatic N) is 3. The number of sulfonamides is 1. The van der Waals surface area contributed by atoms with Crippen LogP contribution >= 0.6 is 23.2 Å². The molecule has 0 bridgehead atoms. The third kappa shape index (κ3) is 5.42. The Hall–Kier alpha value is -2.78. The molecule has 0 N–H and O–H groups in total. The summed E-state index contributed by atoms with van der Waals surface area (Å²) in [5.41, 5.74) is 0.843. The van der Waals surface area contributed by atoms with E-state index in [2.05, 4.69) is 4.98 Å². The molecule has 0 atom stereocenters. The summed E-state index contributed by atoms with van der Waals surface area (Å²) in [5, 5.41) is 1.07. The highest BCUT2D eigenvalue weighted by Crippen LogP contribution is 2.25. The van der Waals surface area contributed by atoms with Crippen LogP contribution in [0.15, 0.2) is 82.6 Å². The largest absolute Gasteiger partial charge is 0.497 e. The molecule has 33 heavy (non-hydrogen) atoms. The van der Waals surface area contributed by atoms with Gasteiger partial charge in [0, 0.05) is 22.4 Å². The van der Waals surface area contributed by atoms with Crippen molar-refractivity contribution in [2.75, 3.05) is 7.11 Å². The fourth-order valence-corrected chi connectivity index (χ4v) is 5.15. The first-order chi connectivity index (χ1) is 15.9. The first-order valence-electron chi connectivity index (χ1n) is 9.97. The predicted molar refractivity (Wildman–Crippen MR) is 126 cm³/mol. The molecule has 0 aliphatic heterocycles. The van der Waals surface area contributed by atoms with Gasteiger partial charge in [0.2, 0.25) is 10.0 Å². The molecule has 2 aromatic heterocycles. The molecule has 0 saturated heterocycles. The summed E-state index contributed by atoms with van der Waals surface area (Å²) in [6.45, 7) is 0.506. The van der Waals surface area contributed by atoms with Crippen molar-refractivity contribution in [3.8, 4) is 5.75 Å². The van der Waals surface area contributed by atoms with Crippen molar-refractivity contribution < 1.29 is 17.6 Å². The van der Waals surface area contributed by atoms with Crippen LogP contribution in [0, 0.1) is 0 Å². The number of hydrogen-bond acceptors (Lipinski definition) is 5. The Balaban J connectivity index is 1.64.